The van der Waals surface area contributed by atoms with Crippen molar-refractivity contribution in [3.63, 3.8) is 0 Å². The smallest absolute Gasteiger partial charge is 0.508 e. The summed E-state index contributed by atoms with van der Waals surface area (Å²) in [6, 6.07) is 16.0. The largest absolute Gasteiger partial charge is 0.534 e. The van der Waals surface area contributed by atoms with Gasteiger partial charge in [0.05, 0.1) is 52.6 Å². The van der Waals surface area contributed by atoms with E-state index >= 15 is 35.1 Å². The summed E-state index contributed by atoms with van der Waals surface area (Å²) in [7, 11) is -1.20. The molecule has 12 rings (SSSR count). The normalized spacial score (nSPS) is 18.8. The van der Waals surface area contributed by atoms with Gasteiger partial charge in [-0.05, 0) is 343 Å². The topological polar surface area (TPSA) is 246 Å². The molecule has 8 aromatic carbocycles. The molecule has 0 fully saturated rings. The molecular formula is C106H121F15N6O14S. The minimum absolute atomic E-state index is 0.00454. The standard InChI is InChI=1S/C30H37F3N2O4.C26H27F6NO5S.C25H29F3N2O2.C25H28F3NO3/c1-17-13-21-18(2)24(34-28(37)39-29(3,4)5)11-10-20(21)27(35(17)16-30(6,7)33)26-22(31)14-19(15-23(26)32)9-12-25(36)38-8;1-14-10-18-15(2)21(38-39(35,36)26(30,31)32)8-7-17(18)24(33(14)13-25(3,4)29)23-19(27)11-16(12-20(23)28)6-9-22(34)37-5;1-14-10-18-15(2)21(29)8-7-17(18)24(30(14)13-25(3,4)28)23-19(26)11-16(12-20(23)27)6-9-22(31)32-5;1-14-10-18-15(2)21(30)8-7-17(18)24(29(14)13-25(3,4)28)23-19(26)11-16(12-20(23)27)6-9-22(31)32-5/h9-12,14-15,17,27H,13,16H2,1-8H3,(H,34,37);6-9,11-12,14,24H,10,13H2,1-5H3;6-9,11-12,14,24H,10,13,29H2,1-5H3;6-9,11-12,14,24,30H,10,13H2,1-5H3/b12-9+;3*9-6+. The lowest BCUT2D eigenvalue weighted by atomic mass is 9.81. The van der Waals surface area contributed by atoms with Crippen molar-refractivity contribution in [1.29, 1.82) is 0 Å². The number of methoxy groups -OCH3 is 4. The molecule has 8 aromatic rings. The fraction of sp³-hybridized carbons (Fsp3) is 0.425. The van der Waals surface area contributed by atoms with Crippen molar-refractivity contribution in [1.82, 2.24) is 19.6 Å². The van der Waals surface area contributed by atoms with Crippen molar-refractivity contribution in [3.8, 4) is 11.5 Å². The lowest BCUT2D eigenvalue weighted by Crippen LogP contribution is -2.48. The van der Waals surface area contributed by atoms with Gasteiger partial charge in [-0.3, -0.25) is 24.9 Å². The van der Waals surface area contributed by atoms with Crippen molar-refractivity contribution in [2.24, 2.45) is 0 Å². The molecule has 4 N–H and O–H groups in total. The third-order valence-electron chi connectivity index (χ3n) is 24.6. The average molecular weight is 2020 g/mol. The number of phenols is 1. The minimum atomic E-state index is -5.97. The molecule has 8 atom stereocenters. The Balaban J connectivity index is 0.000000212. The minimum Gasteiger partial charge on any atom is -0.508 e. The number of amides is 1. The summed E-state index contributed by atoms with van der Waals surface area (Å²) in [6.45, 7) is 30.4. The highest BCUT2D eigenvalue weighted by molar-refractivity contribution is 7.88. The van der Waals surface area contributed by atoms with Crippen LogP contribution in [0.15, 0.2) is 121 Å². The summed E-state index contributed by atoms with van der Waals surface area (Å²) in [6.07, 6.45) is 10.3. The summed E-state index contributed by atoms with van der Waals surface area (Å²) in [5.74, 6) is -9.94. The van der Waals surface area contributed by atoms with Gasteiger partial charge in [-0.15, -0.1) is 0 Å². The van der Waals surface area contributed by atoms with Gasteiger partial charge in [0.2, 0.25) is 0 Å². The second-order valence-electron chi connectivity index (χ2n) is 39.2. The molecule has 4 heterocycles. The predicted molar refractivity (Wildman–Crippen MR) is 513 cm³/mol. The second kappa shape index (κ2) is 45.3. The number of esters is 4. The SMILES string of the molecule is COC(=O)/C=C/c1cc(F)c(C2c3ccc(N)c(C)c3CC(C)N2CC(C)(C)F)c(F)c1.COC(=O)/C=C/c1cc(F)c(C2c3ccc(NC(=O)OC(C)(C)C)c(C)c3CC(C)N2CC(C)(C)F)c(F)c1.COC(=O)/C=C/c1cc(F)c(C2c3ccc(O)c(C)c3CC(C)N2CC(C)(C)F)c(F)c1.COC(=O)/C=C/c1cc(F)c(C2c3ccc(OS(=O)(=O)C(F)(F)F)c(C)c3CC(C)N2CC(C)(C)F)c(F)c1. The summed E-state index contributed by atoms with van der Waals surface area (Å²) in [5, 5.41) is 12.9. The zero-order chi connectivity index (χ0) is 106. The quantitative estimate of drug-likeness (QED) is 0.0102. The van der Waals surface area contributed by atoms with Crippen molar-refractivity contribution >= 4 is 75.8 Å². The highest BCUT2D eigenvalue weighted by Crippen LogP contribution is 2.50. The number of phenolic OH excluding ortho intramolecular Hbond substituents is 1. The van der Waals surface area contributed by atoms with Crippen molar-refractivity contribution in [2.75, 3.05) is 65.7 Å². The van der Waals surface area contributed by atoms with Crippen LogP contribution in [0.4, 0.5) is 82.0 Å². The molecule has 142 heavy (non-hydrogen) atoms. The van der Waals surface area contributed by atoms with E-state index in [1.54, 1.807) is 79.7 Å². The Morgan fingerprint density at radius 1 is 0.394 bits per heavy atom. The van der Waals surface area contributed by atoms with Gasteiger partial charge in [-0.2, -0.15) is 21.6 Å². The van der Waals surface area contributed by atoms with E-state index in [1.165, 1.54) is 126 Å². The number of ether oxygens (including phenoxy) is 5. The number of alkyl halides is 7. The number of rotatable bonds is 23. The lowest BCUT2D eigenvalue weighted by molar-refractivity contribution is -0.135. The van der Waals surface area contributed by atoms with Crippen LogP contribution in [0.2, 0.25) is 0 Å². The Morgan fingerprint density at radius 2 is 0.648 bits per heavy atom. The van der Waals surface area contributed by atoms with Gasteiger partial charge in [0.15, 0.2) is 0 Å². The third-order valence-corrected chi connectivity index (χ3v) is 25.5. The van der Waals surface area contributed by atoms with E-state index < -0.39 is 162 Å². The number of fused-ring (bicyclic) bond motifs is 4. The number of hydrogen-bond donors (Lipinski definition) is 3. The Hall–Kier alpha value is -12.0. The molecule has 4 aliphatic rings. The first-order valence-electron chi connectivity index (χ1n) is 45.4. The average Bonchev–Trinajstić information content (AvgIpc) is 0.731. The number of halogens is 15. The van der Waals surface area contributed by atoms with E-state index in [1.807, 2.05) is 39.5 Å². The van der Waals surface area contributed by atoms with Crippen molar-refractivity contribution in [2.45, 2.75) is 239 Å². The van der Waals surface area contributed by atoms with E-state index in [2.05, 4.69) is 28.4 Å². The van der Waals surface area contributed by atoms with Gasteiger partial charge in [0.1, 0.15) is 86.3 Å². The molecule has 4 aliphatic heterocycles. The number of benzene rings is 8. The molecule has 1 amide bonds. The van der Waals surface area contributed by atoms with Crippen molar-refractivity contribution < 1.29 is 131 Å². The van der Waals surface area contributed by atoms with E-state index in [4.69, 9.17) is 10.5 Å². The molecule has 770 valence electrons. The highest BCUT2D eigenvalue weighted by Gasteiger charge is 2.51. The van der Waals surface area contributed by atoms with Crippen LogP contribution in [0.1, 0.15) is 239 Å². The summed E-state index contributed by atoms with van der Waals surface area (Å²) in [4.78, 5) is 64.8. The molecular weight excluding hydrogens is 1900 g/mol. The maximum absolute atomic E-state index is 15.7. The molecule has 20 nitrogen and oxygen atoms in total. The maximum Gasteiger partial charge on any atom is 0.534 e. The van der Waals surface area contributed by atoms with Crippen LogP contribution < -0.4 is 15.2 Å². The van der Waals surface area contributed by atoms with E-state index in [0.29, 0.717) is 52.9 Å². The zero-order valence-electron chi connectivity index (χ0n) is 83.3. The number of nitrogens with two attached hydrogens (primary N) is 1. The summed E-state index contributed by atoms with van der Waals surface area (Å²) < 4.78 is 273. The van der Waals surface area contributed by atoms with Crippen molar-refractivity contribution in [3.05, 3.63) is 279 Å². The van der Waals surface area contributed by atoms with Gasteiger partial charge in [-0.25, -0.2) is 76.7 Å². The Morgan fingerprint density at radius 3 is 0.915 bits per heavy atom. The van der Waals surface area contributed by atoms with Crippen LogP contribution in [0.5, 0.6) is 11.5 Å². The molecule has 0 saturated heterocycles. The van der Waals surface area contributed by atoms with Crippen LogP contribution in [-0.2, 0) is 78.7 Å². The Bertz CT molecular complexity index is 6030. The lowest BCUT2D eigenvalue weighted by Gasteiger charge is -2.44. The molecule has 0 bridgehead atoms. The molecule has 36 heteroatoms. The first kappa shape index (κ1) is 114. The number of nitrogen functional groups attached to an aromatic ring is 1. The Labute approximate surface area is 818 Å². The van der Waals surface area contributed by atoms with Gasteiger partial charge in [0.25, 0.3) is 0 Å². The van der Waals surface area contributed by atoms with Crippen LogP contribution in [-0.4, -0.2) is 176 Å². The van der Waals surface area contributed by atoms with Gasteiger partial charge in [-0.1, -0.05) is 24.3 Å². The van der Waals surface area contributed by atoms with E-state index in [-0.39, 0.29) is 107 Å². The fourth-order valence-corrected chi connectivity index (χ4v) is 18.7. The molecule has 0 aromatic heterocycles. The van der Waals surface area contributed by atoms with Crippen LogP contribution in [0.3, 0.4) is 0 Å². The molecule has 0 saturated carbocycles. The maximum atomic E-state index is 15.7. The second-order valence-corrected chi connectivity index (χ2v) is 40.7. The number of aromatic hydroxyl groups is 1. The summed E-state index contributed by atoms with van der Waals surface area (Å²) in [5.41, 5.74) is 1.23. The highest BCUT2D eigenvalue weighted by atomic mass is 32.2. The monoisotopic (exact) mass is 2020 g/mol. The van der Waals surface area contributed by atoms with Gasteiger partial charge < -0.3 is 38.7 Å². The first-order chi connectivity index (χ1) is 65.7. The van der Waals surface area contributed by atoms with E-state index in [9.17, 15) is 68.2 Å². The van der Waals surface area contributed by atoms with Gasteiger partial charge >= 0.3 is 45.6 Å². The zero-order valence-corrected chi connectivity index (χ0v) is 84.1. The third kappa shape index (κ3) is 28.1. The van der Waals surface area contributed by atoms with Crippen LogP contribution in [0, 0.1) is 74.2 Å². The number of nitrogens with one attached hydrogen (secondary N) is 1. The molecule has 0 radical (unpaired) electrons. The number of hydrogen-bond acceptors (Lipinski definition) is 19. The molecule has 0 aliphatic carbocycles. The number of nitrogens with zero attached hydrogens (tertiary/aromatic N) is 4. The van der Waals surface area contributed by atoms with Crippen LogP contribution >= 0.6 is 0 Å². The summed E-state index contributed by atoms with van der Waals surface area (Å²) >= 11 is 0. The number of carbonyl (C=O) groups is 5. The molecule has 8 unspecified atom stereocenters. The Kier molecular flexibility index (Phi) is 36.2. The number of anilines is 2. The fourth-order valence-electron chi connectivity index (χ4n) is 18.2. The molecule has 0 spiro atoms. The predicted octanol–water partition coefficient (Wildman–Crippen LogP) is 23.0. The van der Waals surface area contributed by atoms with E-state index in [0.717, 1.165) is 113 Å². The van der Waals surface area contributed by atoms with Crippen LogP contribution in [0.25, 0.3) is 24.3 Å². The number of carbonyl (C=O) groups excluding carboxylic acids is 5. The van der Waals surface area contributed by atoms with Gasteiger partial charge in [0, 0.05) is 108 Å². The first-order valence-corrected chi connectivity index (χ1v) is 46.9.